The van der Waals surface area contributed by atoms with Crippen LogP contribution in [0.3, 0.4) is 0 Å². The number of nitrogens with zero attached hydrogens (tertiary/aromatic N) is 1. The van der Waals surface area contributed by atoms with Crippen LogP contribution in [0.1, 0.15) is 58.3 Å². The van der Waals surface area contributed by atoms with Crippen molar-refractivity contribution in [1.82, 2.24) is 5.43 Å². The number of benzene rings is 1. The summed E-state index contributed by atoms with van der Waals surface area (Å²) in [5, 5.41) is 3.17. The molecule has 1 aromatic carbocycles. The minimum absolute atomic E-state index is 0.629. The fourth-order valence-corrected chi connectivity index (χ4v) is 2.22. The number of nitrogens with two attached hydrogens (primary N) is 1. The van der Waals surface area contributed by atoms with E-state index in [0.717, 1.165) is 18.7 Å². The quantitative estimate of drug-likeness (QED) is 0.200. The van der Waals surface area contributed by atoms with Gasteiger partial charge in [0.25, 0.3) is 0 Å². The number of para-hydroxylation sites is 1. The first-order valence-electron chi connectivity index (χ1n) is 8.20. The molecule has 0 aromatic heterocycles. The number of hydrogen-bond donors (Lipinski definition) is 3. The highest BCUT2D eigenvalue weighted by Crippen LogP contribution is 2.08. The molecule has 0 aliphatic carbocycles. The molecular weight excluding hydrogens is 260 g/mol. The Bertz CT molecular complexity index is 376. The summed E-state index contributed by atoms with van der Waals surface area (Å²) in [6.07, 6.45) is 10.5. The van der Waals surface area contributed by atoms with Gasteiger partial charge >= 0.3 is 0 Å². The molecule has 0 heterocycles. The van der Waals surface area contributed by atoms with Gasteiger partial charge < -0.3 is 5.32 Å². The second-order valence-corrected chi connectivity index (χ2v) is 5.34. The van der Waals surface area contributed by atoms with Crippen LogP contribution >= 0.6 is 0 Å². The van der Waals surface area contributed by atoms with Gasteiger partial charge in [-0.3, -0.25) is 10.4 Å². The van der Waals surface area contributed by atoms with Gasteiger partial charge in [-0.05, 0) is 18.6 Å². The molecule has 1 aromatic rings. The molecule has 0 saturated heterocycles. The molecule has 0 radical (unpaired) electrons. The van der Waals surface area contributed by atoms with Gasteiger partial charge in [-0.1, -0.05) is 70.1 Å². The van der Waals surface area contributed by atoms with Crippen molar-refractivity contribution in [1.29, 1.82) is 0 Å². The third-order valence-corrected chi connectivity index (χ3v) is 3.45. The predicted octanol–water partition coefficient (Wildman–Crippen LogP) is 4.06. The van der Waals surface area contributed by atoms with Crippen molar-refractivity contribution in [2.24, 2.45) is 10.8 Å². The molecule has 0 aliphatic rings. The van der Waals surface area contributed by atoms with Gasteiger partial charge in [0.2, 0.25) is 5.96 Å². The van der Waals surface area contributed by atoms with Gasteiger partial charge in [0.1, 0.15) is 0 Å². The van der Waals surface area contributed by atoms with E-state index in [1.165, 1.54) is 44.9 Å². The van der Waals surface area contributed by atoms with Crippen molar-refractivity contribution in [3.63, 3.8) is 0 Å². The van der Waals surface area contributed by atoms with E-state index >= 15 is 0 Å². The average molecular weight is 290 g/mol. The first-order chi connectivity index (χ1) is 10.4. The molecule has 0 bridgehead atoms. The summed E-state index contributed by atoms with van der Waals surface area (Å²) in [6, 6.07) is 9.93. The number of hydrogen-bond acceptors (Lipinski definition) is 2. The van der Waals surface area contributed by atoms with E-state index in [0.29, 0.717) is 5.96 Å². The second kappa shape index (κ2) is 12.2. The Kier molecular flexibility index (Phi) is 10.2. The summed E-state index contributed by atoms with van der Waals surface area (Å²) in [4.78, 5) is 4.45. The van der Waals surface area contributed by atoms with Crippen LogP contribution in [0.15, 0.2) is 35.3 Å². The highest BCUT2D eigenvalue weighted by atomic mass is 15.3. The van der Waals surface area contributed by atoms with Crippen LogP contribution in [0.5, 0.6) is 0 Å². The van der Waals surface area contributed by atoms with Crippen molar-refractivity contribution in [2.75, 3.05) is 11.9 Å². The largest absolute Gasteiger partial charge is 0.325 e. The molecule has 0 unspecified atom stereocenters. The van der Waals surface area contributed by atoms with E-state index in [-0.39, 0.29) is 0 Å². The molecule has 118 valence electrons. The summed E-state index contributed by atoms with van der Waals surface area (Å²) in [7, 11) is 0. The van der Waals surface area contributed by atoms with Crippen LogP contribution in [0.2, 0.25) is 0 Å². The van der Waals surface area contributed by atoms with Gasteiger partial charge in [0.05, 0.1) is 0 Å². The lowest BCUT2D eigenvalue weighted by Crippen LogP contribution is -2.36. The van der Waals surface area contributed by atoms with Crippen molar-refractivity contribution in [3.05, 3.63) is 30.3 Å². The Morgan fingerprint density at radius 1 is 0.952 bits per heavy atom. The smallest absolute Gasteiger partial charge is 0.210 e. The number of anilines is 1. The summed E-state index contributed by atoms with van der Waals surface area (Å²) in [5.74, 6) is 6.12. The first kappa shape index (κ1) is 17.5. The van der Waals surface area contributed by atoms with E-state index in [1.54, 1.807) is 0 Å². The predicted molar refractivity (Wildman–Crippen MR) is 92.3 cm³/mol. The zero-order chi connectivity index (χ0) is 15.2. The number of unbranched alkanes of at least 4 members (excludes halogenated alkanes) is 7. The Morgan fingerprint density at radius 2 is 1.57 bits per heavy atom. The summed E-state index contributed by atoms with van der Waals surface area (Å²) in [5.41, 5.74) is 3.61. The highest BCUT2D eigenvalue weighted by Gasteiger charge is 1.96. The van der Waals surface area contributed by atoms with Gasteiger partial charge in [0.15, 0.2) is 0 Å². The summed E-state index contributed by atoms with van der Waals surface area (Å²) >= 11 is 0. The number of rotatable bonds is 10. The van der Waals surface area contributed by atoms with Crippen LogP contribution in [-0.2, 0) is 0 Å². The minimum atomic E-state index is 0.629. The van der Waals surface area contributed by atoms with Crippen LogP contribution in [0.4, 0.5) is 5.69 Å². The molecule has 0 fully saturated rings. The zero-order valence-corrected chi connectivity index (χ0v) is 13.3. The van der Waals surface area contributed by atoms with Gasteiger partial charge in [-0.2, -0.15) is 0 Å². The maximum Gasteiger partial charge on any atom is 0.210 e. The van der Waals surface area contributed by atoms with Crippen LogP contribution in [0, 0.1) is 0 Å². The van der Waals surface area contributed by atoms with Crippen molar-refractivity contribution in [2.45, 2.75) is 58.3 Å². The standard InChI is InChI=1S/C17H30N4/c1-2-3-4-5-6-7-8-12-15-19-17(21-18)20-16-13-10-9-11-14-16/h9-11,13-14H,2-8,12,15,18H2,1H3,(H2,19,20,21). The SMILES string of the molecule is CCCCCCCCCCN=C(NN)Nc1ccccc1. The number of guanidine groups is 1. The number of aliphatic imine (C=N–C) groups is 1. The molecule has 4 nitrogen and oxygen atoms in total. The molecular formula is C17H30N4. The Labute approximate surface area is 129 Å². The molecule has 4 N–H and O–H groups in total. The molecule has 0 spiro atoms. The molecule has 0 saturated carbocycles. The average Bonchev–Trinajstić information content (AvgIpc) is 2.53. The van der Waals surface area contributed by atoms with E-state index in [2.05, 4.69) is 22.7 Å². The lowest BCUT2D eigenvalue weighted by molar-refractivity contribution is 0.578. The Hall–Kier alpha value is -1.55. The van der Waals surface area contributed by atoms with E-state index < -0.39 is 0 Å². The molecule has 0 amide bonds. The topological polar surface area (TPSA) is 62.4 Å². The highest BCUT2D eigenvalue weighted by molar-refractivity contribution is 5.93. The van der Waals surface area contributed by atoms with Gasteiger partial charge in [-0.25, -0.2) is 5.84 Å². The monoisotopic (exact) mass is 290 g/mol. The maximum atomic E-state index is 5.49. The van der Waals surface area contributed by atoms with Crippen molar-refractivity contribution < 1.29 is 0 Å². The lowest BCUT2D eigenvalue weighted by atomic mass is 10.1. The Balaban J connectivity index is 2.10. The summed E-state index contributed by atoms with van der Waals surface area (Å²) in [6.45, 7) is 3.07. The lowest BCUT2D eigenvalue weighted by Gasteiger charge is -2.08. The molecule has 4 heteroatoms. The van der Waals surface area contributed by atoms with Gasteiger partial charge in [0, 0.05) is 12.2 Å². The van der Waals surface area contributed by atoms with Crippen molar-refractivity contribution in [3.8, 4) is 0 Å². The minimum Gasteiger partial charge on any atom is -0.325 e. The third-order valence-electron chi connectivity index (χ3n) is 3.45. The maximum absolute atomic E-state index is 5.49. The van der Waals surface area contributed by atoms with Crippen LogP contribution in [0.25, 0.3) is 0 Å². The van der Waals surface area contributed by atoms with Crippen molar-refractivity contribution >= 4 is 11.6 Å². The molecule has 21 heavy (non-hydrogen) atoms. The fourth-order valence-electron chi connectivity index (χ4n) is 2.22. The third kappa shape index (κ3) is 9.08. The van der Waals surface area contributed by atoms with E-state index in [1.807, 2.05) is 30.3 Å². The van der Waals surface area contributed by atoms with E-state index in [4.69, 9.17) is 5.84 Å². The molecule has 0 aliphatic heterocycles. The Morgan fingerprint density at radius 3 is 2.19 bits per heavy atom. The normalized spacial score (nSPS) is 11.4. The number of nitrogens with one attached hydrogen (secondary N) is 2. The van der Waals surface area contributed by atoms with E-state index in [9.17, 15) is 0 Å². The molecule has 0 atom stereocenters. The fraction of sp³-hybridized carbons (Fsp3) is 0.588. The molecule has 1 rings (SSSR count). The second-order valence-electron chi connectivity index (χ2n) is 5.34. The zero-order valence-electron chi connectivity index (χ0n) is 13.3. The van der Waals surface area contributed by atoms with Crippen LogP contribution < -0.4 is 16.6 Å². The number of hydrazine groups is 1. The van der Waals surface area contributed by atoms with Gasteiger partial charge in [-0.15, -0.1) is 0 Å². The van der Waals surface area contributed by atoms with Crippen LogP contribution in [-0.4, -0.2) is 12.5 Å². The summed E-state index contributed by atoms with van der Waals surface area (Å²) < 4.78 is 0. The first-order valence-corrected chi connectivity index (χ1v) is 8.20.